The maximum absolute atomic E-state index is 12.0. The monoisotopic (exact) mass is 288 g/mol. The van der Waals surface area contributed by atoms with Crippen LogP contribution in [0.15, 0.2) is 24.5 Å². The number of amides is 2. The molecule has 1 aromatic heterocycles. The van der Waals surface area contributed by atoms with E-state index in [0.717, 1.165) is 16.9 Å². The van der Waals surface area contributed by atoms with E-state index in [2.05, 4.69) is 40.0 Å². The summed E-state index contributed by atoms with van der Waals surface area (Å²) in [7, 11) is 0. The molecule has 0 aliphatic carbocycles. The van der Waals surface area contributed by atoms with E-state index in [-0.39, 0.29) is 12.1 Å². The lowest BCUT2D eigenvalue weighted by Crippen LogP contribution is -2.39. The van der Waals surface area contributed by atoms with Crippen LogP contribution in [0.5, 0.6) is 0 Å². The van der Waals surface area contributed by atoms with Gasteiger partial charge in [-0.2, -0.15) is 0 Å². The Morgan fingerprint density at radius 2 is 2.05 bits per heavy atom. The highest BCUT2D eigenvalue weighted by Gasteiger charge is 2.12. The Bertz CT molecular complexity index is 608. The van der Waals surface area contributed by atoms with E-state index in [0.29, 0.717) is 5.92 Å². The number of tetrazole rings is 1. The van der Waals surface area contributed by atoms with Gasteiger partial charge in [-0.05, 0) is 47.9 Å². The lowest BCUT2D eigenvalue weighted by atomic mass is 10.1. The van der Waals surface area contributed by atoms with Crippen molar-refractivity contribution < 1.29 is 4.79 Å². The average molecular weight is 288 g/mol. The molecule has 0 radical (unpaired) electrons. The van der Waals surface area contributed by atoms with E-state index in [1.165, 1.54) is 6.33 Å². The zero-order valence-electron chi connectivity index (χ0n) is 12.7. The van der Waals surface area contributed by atoms with Crippen molar-refractivity contribution in [3.63, 3.8) is 0 Å². The molecule has 2 amide bonds. The van der Waals surface area contributed by atoms with Crippen LogP contribution >= 0.6 is 0 Å². The van der Waals surface area contributed by atoms with E-state index < -0.39 is 0 Å². The number of anilines is 1. The lowest BCUT2D eigenvalue weighted by Gasteiger charge is -2.18. The molecule has 0 aliphatic rings. The first-order chi connectivity index (χ1) is 9.97. The highest BCUT2D eigenvalue weighted by atomic mass is 16.2. The predicted molar refractivity (Wildman–Crippen MR) is 80.3 cm³/mol. The molecule has 2 N–H and O–H groups in total. The summed E-state index contributed by atoms with van der Waals surface area (Å²) in [5.41, 5.74) is 2.49. The Labute approximate surface area is 123 Å². The highest BCUT2D eigenvalue weighted by Crippen LogP contribution is 2.18. The van der Waals surface area contributed by atoms with Crippen LogP contribution in [0.4, 0.5) is 10.5 Å². The molecule has 1 heterocycles. The van der Waals surface area contributed by atoms with Gasteiger partial charge >= 0.3 is 6.03 Å². The molecule has 7 heteroatoms. The van der Waals surface area contributed by atoms with Crippen molar-refractivity contribution in [3.8, 4) is 5.69 Å². The van der Waals surface area contributed by atoms with Gasteiger partial charge in [0.05, 0.1) is 5.69 Å². The third kappa shape index (κ3) is 3.77. The number of rotatable bonds is 4. The van der Waals surface area contributed by atoms with Gasteiger partial charge in [-0.25, -0.2) is 9.48 Å². The van der Waals surface area contributed by atoms with Crippen LogP contribution in [0.2, 0.25) is 0 Å². The third-order valence-corrected chi connectivity index (χ3v) is 3.44. The number of carbonyl (C=O) groups is 1. The summed E-state index contributed by atoms with van der Waals surface area (Å²) in [5, 5.41) is 16.8. The third-order valence-electron chi connectivity index (χ3n) is 3.44. The number of aryl methyl sites for hydroxylation is 1. The van der Waals surface area contributed by atoms with Gasteiger partial charge in [-0.3, -0.25) is 0 Å². The fraction of sp³-hybridized carbons (Fsp3) is 0.429. The van der Waals surface area contributed by atoms with Gasteiger partial charge < -0.3 is 10.6 Å². The molecule has 1 aromatic carbocycles. The number of hydrogen-bond donors (Lipinski definition) is 2. The number of carbonyl (C=O) groups excluding carboxylic acids is 1. The molecular formula is C14H20N6O. The molecule has 0 spiro atoms. The molecule has 0 aliphatic heterocycles. The fourth-order valence-corrected chi connectivity index (χ4v) is 1.70. The Morgan fingerprint density at radius 1 is 1.29 bits per heavy atom. The summed E-state index contributed by atoms with van der Waals surface area (Å²) >= 11 is 0. The molecular weight excluding hydrogens is 268 g/mol. The Kier molecular flexibility index (Phi) is 4.52. The van der Waals surface area contributed by atoms with Gasteiger partial charge in [0.15, 0.2) is 0 Å². The quantitative estimate of drug-likeness (QED) is 0.902. The van der Waals surface area contributed by atoms with E-state index >= 15 is 0 Å². The first-order valence-corrected chi connectivity index (χ1v) is 6.89. The maximum atomic E-state index is 12.0. The van der Waals surface area contributed by atoms with Crippen molar-refractivity contribution in [1.29, 1.82) is 0 Å². The number of hydrogen-bond acceptors (Lipinski definition) is 4. The van der Waals surface area contributed by atoms with E-state index in [1.807, 2.05) is 32.0 Å². The van der Waals surface area contributed by atoms with Gasteiger partial charge in [0, 0.05) is 11.7 Å². The molecule has 2 rings (SSSR count). The Hall–Kier alpha value is -2.44. The number of aromatic nitrogens is 4. The van der Waals surface area contributed by atoms with Crippen molar-refractivity contribution in [2.75, 3.05) is 5.32 Å². The SMILES string of the molecule is Cc1ccc(-n2cnnn2)cc1NC(=O)N[C@H](C)C(C)C. The van der Waals surface area contributed by atoms with Gasteiger partial charge in [0.25, 0.3) is 0 Å². The molecule has 2 aromatic rings. The first kappa shape index (κ1) is 15.0. The maximum Gasteiger partial charge on any atom is 0.319 e. The first-order valence-electron chi connectivity index (χ1n) is 6.89. The topological polar surface area (TPSA) is 84.7 Å². The zero-order valence-corrected chi connectivity index (χ0v) is 12.7. The molecule has 21 heavy (non-hydrogen) atoms. The van der Waals surface area contributed by atoms with Crippen molar-refractivity contribution in [2.45, 2.75) is 33.7 Å². The average Bonchev–Trinajstić information content (AvgIpc) is 2.95. The lowest BCUT2D eigenvalue weighted by molar-refractivity contribution is 0.246. The van der Waals surface area contributed by atoms with Crippen molar-refractivity contribution in [2.24, 2.45) is 5.92 Å². The molecule has 0 fully saturated rings. The van der Waals surface area contributed by atoms with Crippen LogP contribution in [-0.2, 0) is 0 Å². The summed E-state index contributed by atoms with van der Waals surface area (Å²) in [6.07, 6.45) is 1.51. The molecule has 0 bridgehead atoms. The van der Waals surface area contributed by atoms with Crippen molar-refractivity contribution in [1.82, 2.24) is 25.5 Å². The number of nitrogens with zero attached hydrogens (tertiary/aromatic N) is 4. The molecule has 7 nitrogen and oxygen atoms in total. The van der Waals surface area contributed by atoms with Crippen LogP contribution < -0.4 is 10.6 Å². The smallest absolute Gasteiger partial charge is 0.319 e. The molecule has 0 saturated carbocycles. The van der Waals surface area contributed by atoms with E-state index in [4.69, 9.17) is 0 Å². The predicted octanol–water partition coefficient (Wildman–Crippen LogP) is 2.14. The van der Waals surface area contributed by atoms with Crippen LogP contribution in [-0.4, -0.2) is 32.3 Å². The summed E-state index contributed by atoms with van der Waals surface area (Å²) in [6, 6.07) is 5.54. The Balaban J connectivity index is 2.12. The molecule has 112 valence electrons. The van der Waals surface area contributed by atoms with Gasteiger partial charge in [-0.15, -0.1) is 5.10 Å². The minimum atomic E-state index is -0.215. The second kappa shape index (κ2) is 6.34. The zero-order chi connectivity index (χ0) is 15.4. The Morgan fingerprint density at radius 3 is 2.67 bits per heavy atom. The second-order valence-electron chi connectivity index (χ2n) is 5.38. The minimum Gasteiger partial charge on any atom is -0.335 e. The highest BCUT2D eigenvalue weighted by molar-refractivity contribution is 5.90. The largest absolute Gasteiger partial charge is 0.335 e. The summed E-state index contributed by atoms with van der Waals surface area (Å²) < 4.78 is 1.54. The van der Waals surface area contributed by atoms with Gasteiger partial charge in [-0.1, -0.05) is 19.9 Å². The van der Waals surface area contributed by atoms with Crippen LogP contribution in [0.25, 0.3) is 5.69 Å². The fourth-order valence-electron chi connectivity index (χ4n) is 1.70. The van der Waals surface area contributed by atoms with Gasteiger partial charge in [0.1, 0.15) is 6.33 Å². The second-order valence-corrected chi connectivity index (χ2v) is 5.38. The molecule has 0 unspecified atom stereocenters. The van der Waals surface area contributed by atoms with Gasteiger partial charge in [0.2, 0.25) is 0 Å². The van der Waals surface area contributed by atoms with E-state index in [1.54, 1.807) is 4.68 Å². The number of nitrogens with one attached hydrogen (secondary N) is 2. The van der Waals surface area contributed by atoms with Crippen molar-refractivity contribution in [3.05, 3.63) is 30.1 Å². The van der Waals surface area contributed by atoms with Crippen LogP contribution in [0.3, 0.4) is 0 Å². The van der Waals surface area contributed by atoms with Crippen molar-refractivity contribution >= 4 is 11.7 Å². The van der Waals surface area contributed by atoms with Crippen LogP contribution in [0.1, 0.15) is 26.3 Å². The van der Waals surface area contributed by atoms with E-state index in [9.17, 15) is 4.79 Å². The number of benzene rings is 1. The standard InChI is InChI=1S/C14H20N6O/c1-9(2)11(4)16-14(21)17-13-7-12(6-5-10(13)3)20-8-15-18-19-20/h5-9,11H,1-4H3,(H2,16,17,21)/t11-/m1/s1. The normalized spacial score (nSPS) is 12.2. The number of urea groups is 1. The summed E-state index contributed by atoms with van der Waals surface area (Å²) in [6.45, 7) is 8.04. The van der Waals surface area contributed by atoms with Crippen LogP contribution in [0, 0.1) is 12.8 Å². The summed E-state index contributed by atoms with van der Waals surface area (Å²) in [5.74, 6) is 0.379. The molecule has 1 atom stereocenters. The minimum absolute atomic E-state index is 0.105. The summed E-state index contributed by atoms with van der Waals surface area (Å²) in [4.78, 5) is 12.0. The molecule has 0 saturated heterocycles.